The van der Waals surface area contributed by atoms with Crippen molar-refractivity contribution < 1.29 is 18.8 Å². The maximum absolute atomic E-state index is 13.7. The highest BCUT2D eigenvalue weighted by Crippen LogP contribution is 2.25. The molecule has 2 amide bonds. The number of nitrogens with one attached hydrogen (secondary N) is 2. The number of fused-ring (bicyclic) bond motifs is 1. The van der Waals surface area contributed by atoms with Gasteiger partial charge in [0.2, 0.25) is 17.6 Å². The van der Waals surface area contributed by atoms with E-state index < -0.39 is 11.8 Å². The Morgan fingerprint density at radius 1 is 1.00 bits per heavy atom. The number of rotatable bonds is 8. The van der Waals surface area contributed by atoms with Gasteiger partial charge < -0.3 is 24.9 Å². The van der Waals surface area contributed by atoms with Crippen LogP contribution in [0.15, 0.2) is 64.3 Å². The molecule has 1 unspecified atom stereocenters. The molecule has 3 aromatic rings. The van der Waals surface area contributed by atoms with Crippen LogP contribution in [0, 0.1) is 25.2 Å². The molecule has 0 saturated carbocycles. The zero-order valence-corrected chi connectivity index (χ0v) is 23.5. The molecule has 0 bridgehead atoms. The minimum absolute atomic E-state index is 0.0351. The molecule has 41 heavy (non-hydrogen) atoms. The van der Waals surface area contributed by atoms with E-state index in [1.165, 1.54) is 0 Å². The normalized spacial score (nSPS) is 18.1. The Morgan fingerprint density at radius 3 is 2.46 bits per heavy atom. The summed E-state index contributed by atoms with van der Waals surface area (Å²) in [5, 5.41) is 17.5. The lowest BCUT2D eigenvalue weighted by Gasteiger charge is -2.28. The lowest BCUT2D eigenvalue weighted by molar-refractivity contribution is -0.140. The van der Waals surface area contributed by atoms with E-state index in [1.54, 1.807) is 23.1 Å². The molecule has 2 aliphatic heterocycles. The largest absolute Gasteiger partial charge is 0.461 e. The van der Waals surface area contributed by atoms with Crippen molar-refractivity contribution in [1.82, 2.24) is 15.1 Å². The van der Waals surface area contributed by atoms with Crippen LogP contribution in [0.5, 0.6) is 0 Å². The molecular weight excluding hydrogens is 518 g/mol. The summed E-state index contributed by atoms with van der Waals surface area (Å²) < 4.78 is 5.69. The van der Waals surface area contributed by atoms with Crippen LogP contribution in [0.3, 0.4) is 0 Å². The number of carbonyl (C=O) groups excluding carboxylic acids is 3. The number of furan rings is 1. The monoisotopic (exact) mass is 553 g/mol. The Balaban J connectivity index is 1.46. The Morgan fingerprint density at radius 2 is 1.73 bits per heavy atom. The Bertz CT molecular complexity index is 1530. The highest BCUT2D eigenvalue weighted by atomic mass is 16.3. The van der Waals surface area contributed by atoms with Crippen molar-refractivity contribution in [1.29, 1.82) is 5.26 Å². The molecule has 9 nitrogen and oxygen atoms in total. The number of likely N-dealkylation sites (tertiary alicyclic amines) is 2. The van der Waals surface area contributed by atoms with Crippen LogP contribution in [0.1, 0.15) is 53.8 Å². The third-order valence-corrected chi connectivity index (χ3v) is 7.70. The fourth-order valence-electron chi connectivity index (χ4n) is 5.44. The number of allylic oxidation sites excluding steroid dienone is 1. The van der Waals surface area contributed by atoms with Crippen LogP contribution in [-0.4, -0.2) is 59.6 Å². The van der Waals surface area contributed by atoms with Crippen molar-refractivity contribution in [3.63, 3.8) is 0 Å². The Kier molecular flexibility index (Phi) is 8.39. The quantitative estimate of drug-likeness (QED) is 0.236. The van der Waals surface area contributed by atoms with Crippen molar-refractivity contribution in [3.05, 3.63) is 76.8 Å². The molecule has 2 fully saturated rings. The molecule has 212 valence electrons. The van der Waals surface area contributed by atoms with Crippen molar-refractivity contribution in [2.45, 2.75) is 52.0 Å². The van der Waals surface area contributed by atoms with Gasteiger partial charge in [-0.05, 0) is 70.2 Å². The molecular formula is C32H35N5O4. The van der Waals surface area contributed by atoms with Gasteiger partial charge in [-0.2, -0.15) is 5.26 Å². The molecule has 5 rings (SSSR count). The molecule has 1 aromatic heterocycles. The average Bonchev–Trinajstić information content (AvgIpc) is 3.59. The van der Waals surface area contributed by atoms with Gasteiger partial charge in [-0.1, -0.05) is 29.8 Å². The van der Waals surface area contributed by atoms with Gasteiger partial charge in [-0.25, -0.2) is 0 Å². The van der Waals surface area contributed by atoms with Gasteiger partial charge in [-0.3, -0.25) is 14.4 Å². The number of hydrogen-bond donors (Lipinski definition) is 2. The number of nitrogens with zero attached hydrogens (tertiary/aromatic N) is 3. The van der Waals surface area contributed by atoms with Crippen LogP contribution in [0.2, 0.25) is 0 Å². The summed E-state index contributed by atoms with van der Waals surface area (Å²) in [4.78, 5) is 43.6. The number of aryl methyl sites for hydroxylation is 2. The zero-order chi connectivity index (χ0) is 28.9. The van der Waals surface area contributed by atoms with Gasteiger partial charge in [0.05, 0.1) is 6.54 Å². The number of carbonyl (C=O) groups is 3. The van der Waals surface area contributed by atoms with E-state index in [0.717, 1.165) is 61.1 Å². The number of benzene rings is 2. The van der Waals surface area contributed by atoms with E-state index in [9.17, 15) is 19.6 Å². The Hall–Kier alpha value is -4.58. The third-order valence-electron chi connectivity index (χ3n) is 7.70. The molecule has 3 heterocycles. The van der Waals surface area contributed by atoms with Crippen LogP contribution in [-0.2, 0) is 9.59 Å². The van der Waals surface area contributed by atoms with E-state index in [1.807, 2.05) is 49.1 Å². The first-order chi connectivity index (χ1) is 19.8. The van der Waals surface area contributed by atoms with Crippen molar-refractivity contribution in [3.8, 4) is 6.07 Å². The molecule has 2 N–H and O–H groups in total. The topological polar surface area (TPSA) is 119 Å². The highest BCUT2D eigenvalue weighted by molar-refractivity contribution is 6.12. The SMILES string of the molecule is Cc1ccc(C(=O)/C(C#N)=C(\Nc2ccc3oc(C)cc3c2)NC2CCCCN(CC(=O)N3CCCC3)C2=O)cc1. The molecule has 0 spiro atoms. The molecule has 0 radical (unpaired) electrons. The van der Waals surface area contributed by atoms with E-state index in [-0.39, 0.29) is 29.8 Å². The summed E-state index contributed by atoms with van der Waals surface area (Å²) in [6.45, 7) is 5.78. The van der Waals surface area contributed by atoms with Crippen LogP contribution in [0.25, 0.3) is 11.0 Å². The molecule has 0 aliphatic carbocycles. The number of Topliss-reactive ketones (excluding diaryl/α,β-unsaturated/α-hetero) is 1. The van der Waals surface area contributed by atoms with E-state index >= 15 is 0 Å². The Labute approximate surface area is 239 Å². The van der Waals surface area contributed by atoms with Crippen molar-refractivity contribution >= 4 is 34.3 Å². The van der Waals surface area contributed by atoms with Gasteiger partial charge in [0.15, 0.2) is 0 Å². The van der Waals surface area contributed by atoms with Gasteiger partial charge in [0, 0.05) is 36.3 Å². The summed E-state index contributed by atoms with van der Waals surface area (Å²) >= 11 is 0. The maximum Gasteiger partial charge on any atom is 0.245 e. The fraction of sp³-hybridized carbons (Fsp3) is 0.375. The summed E-state index contributed by atoms with van der Waals surface area (Å²) in [6, 6.07) is 15.8. The smallest absolute Gasteiger partial charge is 0.245 e. The van der Waals surface area contributed by atoms with Gasteiger partial charge in [0.1, 0.15) is 34.8 Å². The fourth-order valence-corrected chi connectivity index (χ4v) is 5.44. The van der Waals surface area contributed by atoms with Crippen molar-refractivity contribution in [2.75, 3.05) is 31.5 Å². The van der Waals surface area contributed by atoms with E-state index in [2.05, 4.69) is 16.7 Å². The number of ketones is 1. The lowest BCUT2D eigenvalue weighted by atomic mass is 10.0. The van der Waals surface area contributed by atoms with Crippen LogP contribution >= 0.6 is 0 Å². The predicted molar refractivity (Wildman–Crippen MR) is 156 cm³/mol. The molecule has 2 aliphatic rings. The second-order valence-electron chi connectivity index (χ2n) is 10.8. The summed E-state index contributed by atoms with van der Waals surface area (Å²) in [5.41, 5.74) is 2.59. The average molecular weight is 554 g/mol. The second-order valence-corrected chi connectivity index (χ2v) is 10.8. The minimum Gasteiger partial charge on any atom is -0.461 e. The van der Waals surface area contributed by atoms with E-state index in [0.29, 0.717) is 24.2 Å². The summed E-state index contributed by atoms with van der Waals surface area (Å²) in [5.74, 6) is 0.219. The van der Waals surface area contributed by atoms with Crippen LogP contribution in [0.4, 0.5) is 5.69 Å². The van der Waals surface area contributed by atoms with Gasteiger partial charge >= 0.3 is 0 Å². The van der Waals surface area contributed by atoms with E-state index in [4.69, 9.17) is 4.42 Å². The van der Waals surface area contributed by atoms with Gasteiger partial charge in [0.25, 0.3) is 0 Å². The number of anilines is 1. The van der Waals surface area contributed by atoms with Crippen LogP contribution < -0.4 is 10.6 Å². The first-order valence-electron chi connectivity index (χ1n) is 14.2. The third kappa shape index (κ3) is 6.43. The van der Waals surface area contributed by atoms with Crippen molar-refractivity contribution in [2.24, 2.45) is 0 Å². The number of nitriles is 1. The first-order valence-corrected chi connectivity index (χ1v) is 14.2. The minimum atomic E-state index is -0.708. The number of amides is 2. The predicted octanol–water partition coefficient (Wildman–Crippen LogP) is 4.67. The molecule has 2 aromatic carbocycles. The lowest BCUT2D eigenvalue weighted by Crippen LogP contribution is -2.49. The summed E-state index contributed by atoms with van der Waals surface area (Å²) in [7, 11) is 0. The second kappa shape index (κ2) is 12.3. The number of hydrogen-bond acceptors (Lipinski definition) is 7. The standard InChI is InChI=1S/C32H35N5O4/c1-21-8-10-23(11-9-21)30(39)26(19-33)31(34-25-12-13-28-24(18-25)17-22(2)41-28)35-27-7-3-4-16-37(32(27)40)20-29(38)36-14-5-6-15-36/h8-13,17-18,27,34-35H,3-7,14-16,20H2,1-2H3/b31-26+. The first kappa shape index (κ1) is 28.0. The molecule has 9 heteroatoms. The summed E-state index contributed by atoms with van der Waals surface area (Å²) in [6.07, 6.45) is 4.02. The molecule has 1 atom stereocenters. The maximum atomic E-state index is 13.7. The molecule has 2 saturated heterocycles. The van der Waals surface area contributed by atoms with Gasteiger partial charge in [-0.15, -0.1) is 0 Å². The highest BCUT2D eigenvalue weighted by Gasteiger charge is 2.31. The zero-order valence-electron chi connectivity index (χ0n) is 23.5.